The summed E-state index contributed by atoms with van der Waals surface area (Å²) in [5.41, 5.74) is 10.3. The predicted molar refractivity (Wildman–Crippen MR) is 199 cm³/mol. The molecule has 0 aliphatic heterocycles. The highest BCUT2D eigenvalue weighted by Crippen LogP contribution is 2.44. The van der Waals surface area contributed by atoms with Crippen LogP contribution < -0.4 is 0 Å². The molecule has 11 aromatic rings. The van der Waals surface area contributed by atoms with Gasteiger partial charge < -0.3 is 13.4 Å². The number of benzene rings is 7. The van der Waals surface area contributed by atoms with Crippen molar-refractivity contribution in [1.29, 1.82) is 0 Å². The molecule has 0 aliphatic rings. The smallest absolute Gasteiger partial charge is 0.164 e. The molecule has 0 saturated heterocycles. The fourth-order valence-corrected chi connectivity index (χ4v) is 7.70. The van der Waals surface area contributed by atoms with Gasteiger partial charge in [-0.15, -0.1) is 0 Å². The number of nitrogens with zero attached hydrogens (tertiary/aromatic N) is 3. The van der Waals surface area contributed by atoms with Crippen molar-refractivity contribution in [2.75, 3.05) is 0 Å². The second kappa shape index (κ2) is 9.89. The van der Waals surface area contributed by atoms with Gasteiger partial charge in [0, 0.05) is 32.5 Å². The summed E-state index contributed by atoms with van der Waals surface area (Å²) in [5, 5.41) is 7.50. The largest absolute Gasteiger partial charge is 0.456 e. The van der Waals surface area contributed by atoms with Crippen LogP contribution in [0.25, 0.3) is 105 Å². The summed E-state index contributed by atoms with van der Waals surface area (Å²) >= 11 is 0. The van der Waals surface area contributed by atoms with E-state index in [-0.39, 0.29) is 0 Å². The lowest BCUT2D eigenvalue weighted by Crippen LogP contribution is -1.95. The van der Waals surface area contributed by atoms with Gasteiger partial charge in [-0.3, -0.25) is 0 Å². The summed E-state index contributed by atoms with van der Waals surface area (Å²) in [6.45, 7) is 0. The summed E-state index contributed by atoms with van der Waals surface area (Å²) in [5.74, 6) is 0.638. The van der Waals surface area contributed by atoms with Crippen LogP contribution in [0, 0.1) is 0 Å². The summed E-state index contributed by atoms with van der Waals surface area (Å²) in [7, 11) is 0. The molecule has 0 aliphatic carbocycles. The van der Waals surface area contributed by atoms with Crippen molar-refractivity contribution in [2.45, 2.75) is 0 Å². The maximum absolute atomic E-state index is 7.00. The third-order valence-corrected chi connectivity index (χ3v) is 9.81. The van der Waals surface area contributed by atoms with E-state index in [2.05, 4.69) is 102 Å². The molecule has 7 aromatic carbocycles. The minimum absolute atomic E-state index is 0.638. The first-order chi connectivity index (χ1) is 24.3. The van der Waals surface area contributed by atoms with E-state index in [9.17, 15) is 0 Å². The average Bonchev–Trinajstić information content (AvgIpc) is 3.84. The van der Waals surface area contributed by atoms with E-state index in [4.69, 9.17) is 18.8 Å². The van der Waals surface area contributed by atoms with E-state index in [1.165, 1.54) is 0 Å². The van der Waals surface area contributed by atoms with Gasteiger partial charge in [0.2, 0.25) is 0 Å². The van der Waals surface area contributed by atoms with Crippen molar-refractivity contribution in [1.82, 2.24) is 14.5 Å². The number of rotatable bonds is 3. The van der Waals surface area contributed by atoms with Crippen molar-refractivity contribution in [2.24, 2.45) is 0 Å². The molecule has 0 radical (unpaired) electrons. The third kappa shape index (κ3) is 3.70. The van der Waals surface area contributed by atoms with E-state index in [0.29, 0.717) is 5.82 Å². The second-order valence-corrected chi connectivity index (χ2v) is 12.5. The van der Waals surface area contributed by atoms with E-state index in [0.717, 1.165) is 99.1 Å². The molecular weight excluding hydrogens is 603 g/mol. The van der Waals surface area contributed by atoms with Gasteiger partial charge in [0.25, 0.3) is 0 Å². The van der Waals surface area contributed by atoms with Crippen molar-refractivity contribution >= 4 is 76.6 Å². The van der Waals surface area contributed by atoms with E-state index in [1.807, 2.05) is 54.6 Å². The molecule has 4 heterocycles. The van der Waals surface area contributed by atoms with E-state index < -0.39 is 0 Å². The van der Waals surface area contributed by atoms with Crippen molar-refractivity contribution in [3.8, 4) is 28.3 Å². The number of aromatic nitrogens is 3. The standard InChI is InChI=1S/C44H25N3O2/c1-2-12-26(13-3-1)41-29-14-4-7-19-33(29)45-44(46-41)32-18-10-17-27-28-24-25-36-40(43(28)49-42(27)32)30-15-5-8-20-34(30)47(36)35-21-11-23-38-39(35)31-16-6-9-22-37(31)48-38/h1-25H. The van der Waals surface area contributed by atoms with Gasteiger partial charge in [-0.2, -0.15) is 0 Å². The Balaban J connectivity index is 1.21. The lowest BCUT2D eigenvalue weighted by Gasteiger charge is -2.09. The topological polar surface area (TPSA) is 57.0 Å². The number of hydrogen-bond donors (Lipinski definition) is 0. The van der Waals surface area contributed by atoms with Crippen LogP contribution in [0.4, 0.5) is 0 Å². The third-order valence-electron chi connectivity index (χ3n) is 9.81. The van der Waals surface area contributed by atoms with Crippen molar-refractivity contribution in [3.05, 3.63) is 152 Å². The molecule has 5 nitrogen and oxygen atoms in total. The van der Waals surface area contributed by atoms with Gasteiger partial charge in [-0.1, -0.05) is 103 Å². The normalized spacial score (nSPS) is 12.1. The Morgan fingerprint density at radius 2 is 1.14 bits per heavy atom. The van der Waals surface area contributed by atoms with Crippen LogP contribution in [0.5, 0.6) is 0 Å². The molecule has 0 unspecified atom stereocenters. The zero-order valence-corrected chi connectivity index (χ0v) is 26.1. The molecule has 49 heavy (non-hydrogen) atoms. The number of hydrogen-bond acceptors (Lipinski definition) is 4. The molecule has 0 atom stereocenters. The van der Waals surface area contributed by atoms with Crippen LogP contribution in [-0.4, -0.2) is 14.5 Å². The highest BCUT2D eigenvalue weighted by molar-refractivity contribution is 6.25. The number of para-hydroxylation sites is 4. The Labute approximate surface area is 279 Å². The quantitative estimate of drug-likeness (QED) is 0.196. The molecule has 0 spiro atoms. The fraction of sp³-hybridized carbons (Fsp3) is 0. The summed E-state index contributed by atoms with van der Waals surface area (Å²) in [6, 6.07) is 52.3. The first-order valence-corrected chi connectivity index (χ1v) is 16.4. The molecule has 4 aromatic heterocycles. The SMILES string of the molecule is c1ccc(-c2nc(-c3cccc4c3oc3c4ccc4c3c3ccccc3n4-c3cccc4oc5ccccc5c34)nc3ccccc23)cc1. The van der Waals surface area contributed by atoms with E-state index in [1.54, 1.807) is 0 Å². The Morgan fingerprint density at radius 1 is 0.429 bits per heavy atom. The first-order valence-electron chi connectivity index (χ1n) is 16.4. The Bertz CT molecular complexity index is 3110. The maximum atomic E-state index is 7.00. The molecule has 11 rings (SSSR count). The van der Waals surface area contributed by atoms with Gasteiger partial charge in [0.15, 0.2) is 5.82 Å². The van der Waals surface area contributed by atoms with Gasteiger partial charge >= 0.3 is 0 Å². The molecule has 0 saturated carbocycles. The van der Waals surface area contributed by atoms with Crippen molar-refractivity contribution in [3.63, 3.8) is 0 Å². The van der Waals surface area contributed by atoms with Crippen LogP contribution >= 0.6 is 0 Å². The summed E-state index contributed by atoms with van der Waals surface area (Å²) in [4.78, 5) is 10.3. The minimum atomic E-state index is 0.638. The monoisotopic (exact) mass is 627 g/mol. The van der Waals surface area contributed by atoms with Crippen LogP contribution in [0.15, 0.2) is 160 Å². The molecule has 0 fully saturated rings. The number of fused-ring (bicyclic) bond motifs is 11. The maximum Gasteiger partial charge on any atom is 0.164 e. The van der Waals surface area contributed by atoms with Crippen molar-refractivity contribution < 1.29 is 8.83 Å². The Kier molecular flexibility index (Phi) is 5.32. The zero-order chi connectivity index (χ0) is 32.1. The molecule has 0 N–H and O–H groups in total. The molecule has 5 heteroatoms. The zero-order valence-electron chi connectivity index (χ0n) is 26.1. The number of furan rings is 2. The Morgan fingerprint density at radius 3 is 2.06 bits per heavy atom. The van der Waals surface area contributed by atoms with E-state index >= 15 is 0 Å². The van der Waals surface area contributed by atoms with Crippen LogP contribution in [-0.2, 0) is 0 Å². The van der Waals surface area contributed by atoms with Crippen LogP contribution in [0.1, 0.15) is 0 Å². The second-order valence-electron chi connectivity index (χ2n) is 12.5. The average molecular weight is 628 g/mol. The molecule has 228 valence electrons. The van der Waals surface area contributed by atoms with Crippen LogP contribution in [0.2, 0.25) is 0 Å². The summed E-state index contributed by atoms with van der Waals surface area (Å²) < 4.78 is 15.6. The molecular formula is C44H25N3O2. The highest BCUT2D eigenvalue weighted by Gasteiger charge is 2.23. The predicted octanol–water partition coefficient (Wildman–Crippen LogP) is 11.9. The first kappa shape index (κ1) is 26.4. The van der Waals surface area contributed by atoms with Gasteiger partial charge in [-0.05, 0) is 48.5 Å². The minimum Gasteiger partial charge on any atom is -0.456 e. The summed E-state index contributed by atoms with van der Waals surface area (Å²) in [6.07, 6.45) is 0. The highest BCUT2D eigenvalue weighted by atomic mass is 16.3. The van der Waals surface area contributed by atoms with Gasteiger partial charge in [0.05, 0.1) is 44.3 Å². The Hall–Kier alpha value is -6.72. The molecule has 0 amide bonds. The molecule has 0 bridgehead atoms. The fourth-order valence-electron chi connectivity index (χ4n) is 7.70. The lowest BCUT2D eigenvalue weighted by molar-refractivity contribution is 0.669. The lowest BCUT2D eigenvalue weighted by atomic mass is 10.0. The van der Waals surface area contributed by atoms with Crippen LogP contribution in [0.3, 0.4) is 0 Å². The van der Waals surface area contributed by atoms with Gasteiger partial charge in [0.1, 0.15) is 22.3 Å². The van der Waals surface area contributed by atoms with Gasteiger partial charge in [-0.25, -0.2) is 9.97 Å².